The van der Waals surface area contributed by atoms with Crippen molar-refractivity contribution in [1.29, 1.82) is 0 Å². The third-order valence-electron chi connectivity index (χ3n) is 4.15. The van der Waals surface area contributed by atoms with E-state index in [9.17, 15) is 4.79 Å². The molecule has 1 aromatic rings. The van der Waals surface area contributed by atoms with Crippen LogP contribution in [0.1, 0.15) is 36.7 Å². The average Bonchev–Trinajstić information content (AvgIpc) is 3.01. The molecule has 2 N–H and O–H groups in total. The number of anilines is 1. The summed E-state index contributed by atoms with van der Waals surface area (Å²) in [6, 6.07) is 2.28. The highest BCUT2D eigenvalue weighted by atomic mass is 16.2. The Hall–Kier alpha value is -1.45. The monoisotopic (exact) mass is 233 g/mol. The summed E-state index contributed by atoms with van der Waals surface area (Å²) in [5, 5.41) is 0. The summed E-state index contributed by atoms with van der Waals surface area (Å²) < 4.78 is 1.95. The standard InChI is InChI=1S/C13H19N3O/c1-2-15-8-10(14)6-12(15)13(17)16-7-9-3-4-11(16)5-9/h6,8-9,11H,2-5,7,14H2,1H3. The fourth-order valence-corrected chi connectivity index (χ4v) is 3.29. The van der Waals surface area contributed by atoms with Crippen molar-refractivity contribution in [3.05, 3.63) is 18.0 Å². The fraction of sp³-hybridized carbons (Fsp3) is 0.615. The normalized spacial score (nSPS) is 26.8. The number of amides is 1. The highest BCUT2D eigenvalue weighted by Gasteiger charge is 2.40. The molecule has 4 nitrogen and oxygen atoms in total. The minimum atomic E-state index is 0.163. The number of carbonyl (C=O) groups excluding carboxylic acids is 1. The lowest BCUT2D eigenvalue weighted by molar-refractivity contribution is 0.0692. The Balaban J connectivity index is 1.86. The van der Waals surface area contributed by atoms with Crippen molar-refractivity contribution in [3.8, 4) is 0 Å². The molecule has 3 rings (SSSR count). The number of nitrogen functional groups attached to an aromatic ring is 1. The molecule has 2 bridgehead atoms. The van der Waals surface area contributed by atoms with Gasteiger partial charge in [-0.05, 0) is 38.2 Å². The van der Waals surface area contributed by atoms with E-state index in [1.54, 1.807) is 6.07 Å². The number of likely N-dealkylation sites (tertiary alicyclic amines) is 1. The molecule has 2 unspecified atom stereocenters. The number of piperidine rings is 1. The molecular formula is C13H19N3O. The second-order valence-electron chi connectivity index (χ2n) is 5.24. The van der Waals surface area contributed by atoms with E-state index in [2.05, 4.69) is 4.90 Å². The Kier molecular flexibility index (Phi) is 2.38. The van der Waals surface area contributed by atoms with E-state index < -0.39 is 0 Å². The average molecular weight is 233 g/mol. The quantitative estimate of drug-likeness (QED) is 0.845. The van der Waals surface area contributed by atoms with Crippen LogP contribution in [0.25, 0.3) is 0 Å². The first-order chi connectivity index (χ1) is 8.19. The van der Waals surface area contributed by atoms with Crippen LogP contribution in [0.2, 0.25) is 0 Å². The lowest BCUT2D eigenvalue weighted by atomic mass is 10.1. The maximum atomic E-state index is 12.5. The number of rotatable bonds is 2. The number of carbonyl (C=O) groups is 1. The first kappa shape index (κ1) is 10.7. The van der Waals surface area contributed by atoms with Crippen LogP contribution < -0.4 is 5.73 Å². The number of aromatic nitrogens is 1. The highest BCUT2D eigenvalue weighted by molar-refractivity contribution is 5.94. The number of nitrogens with two attached hydrogens (primary N) is 1. The zero-order chi connectivity index (χ0) is 12.0. The second kappa shape index (κ2) is 3.79. The summed E-state index contributed by atoms with van der Waals surface area (Å²) in [4.78, 5) is 14.5. The van der Waals surface area contributed by atoms with E-state index in [0.717, 1.165) is 24.7 Å². The topological polar surface area (TPSA) is 51.3 Å². The van der Waals surface area contributed by atoms with E-state index in [0.29, 0.717) is 11.7 Å². The van der Waals surface area contributed by atoms with Gasteiger partial charge >= 0.3 is 0 Å². The molecule has 1 saturated heterocycles. The largest absolute Gasteiger partial charge is 0.397 e. The van der Waals surface area contributed by atoms with Gasteiger partial charge in [0.05, 0.1) is 5.69 Å². The Morgan fingerprint density at radius 2 is 2.35 bits per heavy atom. The maximum Gasteiger partial charge on any atom is 0.270 e. The van der Waals surface area contributed by atoms with Gasteiger partial charge in [0.1, 0.15) is 5.69 Å². The van der Waals surface area contributed by atoms with Crippen molar-refractivity contribution in [2.75, 3.05) is 12.3 Å². The molecule has 0 radical (unpaired) electrons. The minimum Gasteiger partial charge on any atom is -0.397 e. The fourth-order valence-electron chi connectivity index (χ4n) is 3.29. The van der Waals surface area contributed by atoms with Gasteiger partial charge in [-0.25, -0.2) is 0 Å². The lowest BCUT2D eigenvalue weighted by Crippen LogP contribution is -2.38. The van der Waals surface area contributed by atoms with Gasteiger partial charge in [0.15, 0.2) is 0 Å². The molecule has 1 aromatic heterocycles. The molecule has 1 aliphatic heterocycles. The number of fused-ring (bicyclic) bond motifs is 2. The van der Waals surface area contributed by atoms with Crippen molar-refractivity contribution in [2.45, 2.75) is 38.8 Å². The predicted molar refractivity (Wildman–Crippen MR) is 66.7 cm³/mol. The number of hydrogen-bond donors (Lipinski definition) is 1. The van der Waals surface area contributed by atoms with Crippen molar-refractivity contribution in [1.82, 2.24) is 9.47 Å². The van der Waals surface area contributed by atoms with Crippen LogP contribution in [-0.4, -0.2) is 28.0 Å². The molecule has 2 fully saturated rings. The molecule has 17 heavy (non-hydrogen) atoms. The van der Waals surface area contributed by atoms with Crippen LogP contribution in [0, 0.1) is 5.92 Å². The zero-order valence-corrected chi connectivity index (χ0v) is 10.2. The third-order valence-corrected chi connectivity index (χ3v) is 4.15. The maximum absolute atomic E-state index is 12.5. The Labute approximate surface area is 101 Å². The van der Waals surface area contributed by atoms with Gasteiger partial charge in [-0.2, -0.15) is 0 Å². The molecule has 1 aliphatic carbocycles. The van der Waals surface area contributed by atoms with Crippen molar-refractivity contribution in [3.63, 3.8) is 0 Å². The predicted octanol–water partition coefficient (Wildman–Crippen LogP) is 1.71. The summed E-state index contributed by atoms with van der Waals surface area (Å²) in [5.74, 6) is 0.905. The number of hydrogen-bond acceptors (Lipinski definition) is 2. The Morgan fingerprint density at radius 3 is 2.94 bits per heavy atom. The first-order valence-electron chi connectivity index (χ1n) is 6.45. The van der Waals surface area contributed by atoms with Crippen LogP contribution in [0.15, 0.2) is 12.3 Å². The molecule has 0 spiro atoms. The summed E-state index contributed by atoms with van der Waals surface area (Å²) in [7, 11) is 0. The van der Waals surface area contributed by atoms with Crippen LogP contribution in [0.5, 0.6) is 0 Å². The third kappa shape index (κ3) is 1.63. The molecule has 4 heteroatoms. The van der Waals surface area contributed by atoms with Crippen LogP contribution in [0.4, 0.5) is 5.69 Å². The molecule has 2 atom stereocenters. The molecule has 2 aliphatic rings. The Morgan fingerprint density at radius 1 is 1.53 bits per heavy atom. The summed E-state index contributed by atoms with van der Waals surface area (Å²) in [6.45, 7) is 3.77. The van der Waals surface area contributed by atoms with Gasteiger partial charge in [0.2, 0.25) is 0 Å². The van der Waals surface area contributed by atoms with Crippen molar-refractivity contribution in [2.24, 2.45) is 5.92 Å². The number of nitrogens with zero attached hydrogens (tertiary/aromatic N) is 2. The molecular weight excluding hydrogens is 214 g/mol. The summed E-state index contributed by atoms with van der Waals surface area (Å²) >= 11 is 0. The van der Waals surface area contributed by atoms with Gasteiger partial charge in [-0.3, -0.25) is 4.79 Å². The summed E-state index contributed by atoms with van der Waals surface area (Å²) in [5.41, 5.74) is 7.20. The van der Waals surface area contributed by atoms with E-state index in [4.69, 9.17) is 5.73 Å². The van der Waals surface area contributed by atoms with E-state index in [1.165, 1.54) is 19.3 Å². The minimum absolute atomic E-state index is 0.163. The summed E-state index contributed by atoms with van der Waals surface area (Å²) in [6.07, 6.45) is 5.53. The number of aryl methyl sites for hydroxylation is 1. The van der Waals surface area contributed by atoms with Crippen LogP contribution in [-0.2, 0) is 6.54 Å². The van der Waals surface area contributed by atoms with Crippen molar-refractivity contribution >= 4 is 11.6 Å². The molecule has 1 saturated carbocycles. The van der Waals surface area contributed by atoms with Gasteiger partial charge in [0, 0.05) is 25.3 Å². The Bertz CT molecular complexity index is 452. The first-order valence-corrected chi connectivity index (χ1v) is 6.45. The van der Waals surface area contributed by atoms with Crippen molar-refractivity contribution < 1.29 is 4.79 Å². The molecule has 2 heterocycles. The molecule has 0 aromatic carbocycles. The van der Waals surface area contributed by atoms with Crippen LogP contribution >= 0.6 is 0 Å². The van der Waals surface area contributed by atoms with Gasteiger partial charge < -0.3 is 15.2 Å². The second-order valence-corrected chi connectivity index (χ2v) is 5.24. The zero-order valence-electron chi connectivity index (χ0n) is 10.2. The van der Waals surface area contributed by atoms with Crippen LogP contribution in [0.3, 0.4) is 0 Å². The van der Waals surface area contributed by atoms with Gasteiger partial charge in [-0.15, -0.1) is 0 Å². The molecule has 92 valence electrons. The van der Waals surface area contributed by atoms with E-state index in [-0.39, 0.29) is 5.91 Å². The van der Waals surface area contributed by atoms with E-state index >= 15 is 0 Å². The van der Waals surface area contributed by atoms with Gasteiger partial charge in [-0.1, -0.05) is 0 Å². The SMILES string of the molecule is CCn1cc(N)cc1C(=O)N1CC2CCC1C2. The lowest BCUT2D eigenvalue weighted by Gasteiger charge is -2.27. The smallest absolute Gasteiger partial charge is 0.270 e. The van der Waals surface area contributed by atoms with Gasteiger partial charge in [0.25, 0.3) is 5.91 Å². The van der Waals surface area contributed by atoms with E-state index in [1.807, 2.05) is 17.7 Å². The molecule has 1 amide bonds. The highest BCUT2D eigenvalue weighted by Crippen LogP contribution is 2.38.